The lowest BCUT2D eigenvalue weighted by Crippen LogP contribution is -2.32. The average Bonchev–Trinajstić information content (AvgIpc) is 2.47. The van der Waals surface area contributed by atoms with Crippen LogP contribution in [0.25, 0.3) is 0 Å². The molecule has 112 valence electrons. The fourth-order valence-corrected chi connectivity index (χ4v) is 2.50. The molecule has 0 radical (unpaired) electrons. The molecular formula is C17H27NO2. The summed E-state index contributed by atoms with van der Waals surface area (Å²) >= 11 is 0. The Hall–Kier alpha value is -1.06. The molecule has 0 aliphatic carbocycles. The highest BCUT2D eigenvalue weighted by Gasteiger charge is 2.08. The van der Waals surface area contributed by atoms with E-state index in [-0.39, 0.29) is 0 Å². The Bertz CT molecular complexity index is 400. The Labute approximate surface area is 122 Å². The lowest BCUT2D eigenvalue weighted by atomic mass is 10.1. The lowest BCUT2D eigenvalue weighted by molar-refractivity contribution is 0.0750. The Morgan fingerprint density at radius 1 is 0.950 bits per heavy atom. The van der Waals surface area contributed by atoms with Crippen molar-refractivity contribution in [3.05, 3.63) is 29.3 Å². The van der Waals surface area contributed by atoms with E-state index in [1.165, 1.54) is 43.5 Å². The summed E-state index contributed by atoms with van der Waals surface area (Å²) in [5.41, 5.74) is 2.57. The molecule has 1 saturated heterocycles. The predicted molar refractivity (Wildman–Crippen MR) is 82.5 cm³/mol. The van der Waals surface area contributed by atoms with Gasteiger partial charge in [-0.15, -0.1) is 0 Å². The van der Waals surface area contributed by atoms with E-state index < -0.39 is 0 Å². The smallest absolute Gasteiger partial charge is 0.119 e. The normalized spacial score (nSPS) is 16.3. The maximum Gasteiger partial charge on any atom is 0.119 e. The van der Waals surface area contributed by atoms with Gasteiger partial charge in [0.25, 0.3) is 0 Å². The van der Waals surface area contributed by atoms with E-state index in [2.05, 4.69) is 30.9 Å². The number of rotatable bonds is 7. The van der Waals surface area contributed by atoms with Crippen molar-refractivity contribution in [2.45, 2.75) is 33.1 Å². The van der Waals surface area contributed by atoms with Gasteiger partial charge in [0.1, 0.15) is 12.4 Å². The molecule has 0 amide bonds. The van der Waals surface area contributed by atoms with E-state index in [0.717, 1.165) is 18.9 Å². The van der Waals surface area contributed by atoms with Gasteiger partial charge in [0.15, 0.2) is 0 Å². The second-order valence-corrected chi connectivity index (χ2v) is 5.61. The number of ether oxygens (including phenoxy) is 2. The molecule has 1 aliphatic rings. The van der Waals surface area contributed by atoms with Crippen LogP contribution in [0, 0.1) is 13.8 Å². The largest absolute Gasteiger partial charge is 0.491 e. The van der Waals surface area contributed by atoms with E-state index in [0.29, 0.717) is 13.2 Å². The summed E-state index contributed by atoms with van der Waals surface area (Å²) in [4.78, 5) is 2.49. The second-order valence-electron chi connectivity index (χ2n) is 5.61. The molecule has 1 aromatic rings. The topological polar surface area (TPSA) is 21.7 Å². The number of aryl methyl sites for hydroxylation is 2. The molecule has 0 unspecified atom stereocenters. The molecule has 1 aromatic carbocycles. The molecule has 0 atom stereocenters. The summed E-state index contributed by atoms with van der Waals surface area (Å²) in [5.74, 6) is 0.938. The minimum Gasteiger partial charge on any atom is -0.491 e. The number of hydrogen-bond donors (Lipinski definition) is 0. The molecule has 0 saturated carbocycles. The predicted octanol–water partition coefficient (Wildman–Crippen LogP) is 3.18. The van der Waals surface area contributed by atoms with Crippen molar-refractivity contribution in [3.63, 3.8) is 0 Å². The van der Waals surface area contributed by atoms with Crippen LogP contribution in [0.15, 0.2) is 18.2 Å². The molecule has 0 aromatic heterocycles. The number of benzene rings is 1. The van der Waals surface area contributed by atoms with Gasteiger partial charge in [-0.1, -0.05) is 12.5 Å². The van der Waals surface area contributed by atoms with Gasteiger partial charge >= 0.3 is 0 Å². The first-order valence-electron chi connectivity index (χ1n) is 7.76. The summed E-state index contributed by atoms with van der Waals surface area (Å²) in [6.45, 7) is 9.87. The zero-order chi connectivity index (χ0) is 14.2. The molecule has 0 bridgehead atoms. The van der Waals surface area contributed by atoms with Crippen molar-refractivity contribution in [2.75, 3.05) is 39.5 Å². The van der Waals surface area contributed by atoms with Crippen LogP contribution >= 0.6 is 0 Å². The second kappa shape index (κ2) is 8.28. The van der Waals surface area contributed by atoms with E-state index in [4.69, 9.17) is 9.47 Å². The Morgan fingerprint density at radius 2 is 1.75 bits per heavy atom. The third-order valence-electron chi connectivity index (χ3n) is 3.98. The minimum atomic E-state index is 0.627. The van der Waals surface area contributed by atoms with Crippen molar-refractivity contribution in [1.29, 1.82) is 0 Å². The first-order chi connectivity index (χ1) is 9.75. The Kier molecular flexibility index (Phi) is 6.34. The van der Waals surface area contributed by atoms with Crippen LogP contribution in [-0.4, -0.2) is 44.4 Å². The molecule has 3 nitrogen and oxygen atoms in total. The highest BCUT2D eigenvalue weighted by atomic mass is 16.5. The molecule has 3 heteroatoms. The van der Waals surface area contributed by atoms with Crippen molar-refractivity contribution in [1.82, 2.24) is 4.90 Å². The monoisotopic (exact) mass is 277 g/mol. The van der Waals surface area contributed by atoms with Gasteiger partial charge in [-0.3, -0.25) is 0 Å². The summed E-state index contributed by atoms with van der Waals surface area (Å²) in [6.07, 6.45) is 4.08. The first-order valence-corrected chi connectivity index (χ1v) is 7.76. The van der Waals surface area contributed by atoms with E-state index in [1.807, 2.05) is 6.07 Å². The van der Waals surface area contributed by atoms with E-state index in [1.54, 1.807) is 0 Å². The van der Waals surface area contributed by atoms with Gasteiger partial charge in [-0.25, -0.2) is 0 Å². The van der Waals surface area contributed by atoms with Gasteiger partial charge in [-0.05, 0) is 63.0 Å². The zero-order valence-electron chi connectivity index (χ0n) is 12.9. The molecular weight excluding hydrogens is 250 g/mol. The Morgan fingerprint density at radius 3 is 2.50 bits per heavy atom. The number of likely N-dealkylation sites (tertiary alicyclic amines) is 1. The quantitative estimate of drug-likeness (QED) is 0.715. The van der Waals surface area contributed by atoms with Gasteiger partial charge in [-0.2, -0.15) is 0 Å². The fourth-order valence-electron chi connectivity index (χ4n) is 2.50. The lowest BCUT2D eigenvalue weighted by Gasteiger charge is -2.26. The maximum atomic E-state index is 5.70. The molecule has 1 fully saturated rings. The van der Waals surface area contributed by atoms with Crippen LogP contribution in [0.1, 0.15) is 30.4 Å². The number of piperidine rings is 1. The molecule has 20 heavy (non-hydrogen) atoms. The highest BCUT2D eigenvalue weighted by molar-refractivity contribution is 5.33. The van der Waals surface area contributed by atoms with Crippen LogP contribution in [0.3, 0.4) is 0 Å². The van der Waals surface area contributed by atoms with Crippen LogP contribution in [-0.2, 0) is 4.74 Å². The molecule has 0 N–H and O–H groups in total. The molecule has 1 heterocycles. The van der Waals surface area contributed by atoms with Crippen molar-refractivity contribution in [3.8, 4) is 5.75 Å². The zero-order valence-corrected chi connectivity index (χ0v) is 12.9. The summed E-state index contributed by atoms with van der Waals surface area (Å²) in [6, 6.07) is 6.21. The van der Waals surface area contributed by atoms with Crippen LogP contribution in [0.2, 0.25) is 0 Å². The standard InChI is InChI=1S/C17H27NO2/c1-15-6-7-17(14-16(15)2)20-13-12-19-11-10-18-8-4-3-5-9-18/h6-7,14H,3-5,8-13H2,1-2H3. The van der Waals surface area contributed by atoms with E-state index >= 15 is 0 Å². The summed E-state index contributed by atoms with van der Waals surface area (Å²) in [7, 11) is 0. The van der Waals surface area contributed by atoms with Crippen molar-refractivity contribution >= 4 is 0 Å². The fraction of sp³-hybridized carbons (Fsp3) is 0.647. The van der Waals surface area contributed by atoms with E-state index in [9.17, 15) is 0 Å². The van der Waals surface area contributed by atoms with Gasteiger partial charge in [0, 0.05) is 6.54 Å². The molecule has 1 aliphatic heterocycles. The average molecular weight is 277 g/mol. The minimum absolute atomic E-state index is 0.627. The highest BCUT2D eigenvalue weighted by Crippen LogP contribution is 2.16. The van der Waals surface area contributed by atoms with Crippen LogP contribution in [0.4, 0.5) is 0 Å². The third-order valence-corrected chi connectivity index (χ3v) is 3.98. The van der Waals surface area contributed by atoms with Gasteiger partial charge < -0.3 is 14.4 Å². The van der Waals surface area contributed by atoms with Crippen LogP contribution in [0.5, 0.6) is 5.75 Å². The first kappa shape index (κ1) is 15.3. The number of nitrogens with zero attached hydrogens (tertiary/aromatic N) is 1. The van der Waals surface area contributed by atoms with Gasteiger partial charge in [0.2, 0.25) is 0 Å². The maximum absolute atomic E-state index is 5.70. The van der Waals surface area contributed by atoms with Crippen molar-refractivity contribution < 1.29 is 9.47 Å². The molecule has 2 rings (SSSR count). The SMILES string of the molecule is Cc1ccc(OCCOCCN2CCCCC2)cc1C. The summed E-state index contributed by atoms with van der Waals surface area (Å²) < 4.78 is 11.3. The van der Waals surface area contributed by atoms with Crippen molar-refractivity contribution in [2.24, 2.45) is 0 Å². The Balaban J connectivity index is 1.53. The third kappa shape index (κ3) is 5.14. The number of hydrogen-bond acceptors (Lipinski definition) is 3. The molecule has 0 spiro atoms. The van der Waals surface area contributed by atoms with Crippen LogP contribution < -0.4 is 4.74 Å². The van der Waals surface area contributed by atoms with Gasteiger partial charge in [0.05, 0.1) is 13.2 Å². The summed E-state index contributed by atoms with van der Waals surface area (Å²) in [5, 5.41) is 0.